The Bertz CT molecular complexity index is 963. The quantitative estimate of drug-likeness (QED) is 0.673. The summed E-state index contributed by atoms with van der Waals surface area (Å²) < 4.78 is 21.0. The number of nitrogens with zero attached hydrogens (tertiary/aromatic N) is 4. The molecule has 0 atom stereocenters. The molecule has 0 bridgehead atoms. The van der Waals surface area contributed by atoms with E-state index in [0.717, 1.165) is 31.7 Å². The molecule has 6 nitrogen and oxygen atoms in total. The first-order valence-corrected chi connectivity index (χ1v) is 8.75. The molecular formula is C19H19FN4O2. The number of fused-ring (bicyclic) bond motifs is 1. The first-order valence-electron chi connectivity index (χ1n) is 8.75. The predicted molar refractivity (Wildman–Crippen MR) is 95.8 cm³/mol. The fourth-order valence-corrected chi connectivity index (χ4v) is 3.28. The molecule has 3 heterocycles. The number of hydrogen-bond acceptors (Lipinski definition) is 5. The second-order valence-electron chi connectivity index (χ2n) is 6.17. The third-order valence-corrected chi connectivity index (χ3v) is 4.51. The molecule has 1 fully saturated rings. The first kappa shape index (κ1) is 16.5. The van der Waals surface area contributed by atoms with Gasteiger partial charge in [-0.3, -0.25) is 0 Å². The van der Waals surface area contributed by atoms with Crippen LogP contribution in [0.5, 0.6) is 0 Å². The van der Waals surface area contributed by atoms with Crippen LogP contribution in [-0.4, -0.2) is 40.3 Å². The van der Waals surface area contributed by atoms with Crippen LogP contribution < -0.4 is 4.90 Å². The van der Waals surface area contributed by atoms with E-state index in [-0.39, 0.29) is 23.4 Å². The molecule has 1 aliphatic heterocycles. The molecule has 0 spiro atoms. The number of carbonyl (C=O) groups is 1. The minimum Gasteiger partial charge on any atom is -0.462 e. The Morgan fingerprint density at radius 3 is 2.73 bits per heavy atom. The fraction of sp³-hybridized carbons (Fsp3) is 0.316. The van der Waals surface area contributed by atoms with Crippen molar-refractivity contribution in [2.45, 2.75) is 19.8 Å². The summed E-state index contributed by atoms with van der Waals surface area (Å²) in [5.74, 6) is -0.200. The van der Waals surface area contributed by atoms with Crippen molar-refractivity contribution in [2.24, 2.45) is 0 Å². The second kappa shape index (κ2) is 6.74. The van der Waals surface area contributed by atoms with Crippen LogP contribution in [0.15, 0.2) is 36.5 Å². The summed E-state index contributed by atoms with van der Waals surface area (Å²) in [7, 11) is 0. The van der Waals surface area contributed by atoms with Gasteiger partial charge >= 0.3 is 5.97 Å². The standard InChI is InChI=1S/C19H19FN4O2/c1-2-26-19(25)16-17(13-7-3-4-8-14(13)20)22-24-12-9-15(21-18(16)24)23-10-5-6-11-23/h3-4,7-9,12H,2,5-6,10-11H2,1H3. The Balaban J connectivity index is 1.92. The molecule has 0 N–H and O–H groups in total. The molecular weight excluding hydrogens is 335 g/mol. The Hall–Kier alpha value is -2.96. The van der Waals surface area contributed by atoms with Gasteiger partial charge in [-0.1, -0.05) is 12.1 Å². The normalized spacial score (nSPS) is 14.2. The number of rotatable bonds is 4. The van der Waals surface area contributed by atoms with E-state index in [0.29, 0.717) is 5.65 Å². The fourth-order valence-electron chi connectivity index (χ4n) is 3.28. The van der Waals surface area contributed by atoms with Crippen LogP contribution in [0.25, 0.3) is 16.9 Å². The van der Waals surface area contributed by atoms with Crippen molar-refractivity contribution in [3.05, 3.63) is 47.9 Å². The zero-order valence-electron chi connectivity index (χ0n) is 14.5. The van der Waals surface area contributed by atoms with Crippen molar-refractivity contribution in [2.75, 3.05) is 24.6 Å². The van der Waals surface area contributed by atoms with Gasteiger partial charge in [-0.15, -0.1) is 0 Å². The van der Waals surface area contributed by atoms with E-state index < -0.39 is 11.8 Å². The van der Waals surface area contributed by atoms with Crippen molar-refractivity contribution in [1.82, 2.24) is 14.6 Å². The molecule has 0 amide bonds. The maximum Gasteiger partial charge on any atom is 0.344 e. The van der Waals surface area contributed by atoms with E-state index in [1.807, 2.05) is 6.07 Å². The van der Waals surface area contributed by atoms with Gasteiger partial charge < -0.3 is 9.64 Å². The Morgan fingerprint density at radius 1 is 1.23 bits per heavy atom. The van der Waals surface area contributed by atoms with Crippen molar-refractivity contribution in [3.63, 3.8) is 0 Å². The highest BCUT2D eigenvalue weighted by molar-refractivity contribution is 6.02. The molecule has 1 saturated heterocycles. The molecule has 0 aliphatic carbocycles. The lowest BCUT2D eigenvalue weighted by molar-refractivity contribution is 0.0529. The molecule has 4 rings (SSSR count). The average Bonchev–Trinajstić information content (AvgIpc) is 3.29. The number of benzene rings is 1. The number of esters is 1. The molecule has 7 heteroatoms. The molecule has 1 aromatic carbocycles. The highest BCUT2D eigenvalue weighted by atomic mass is 19.1. The summed E-state index contributed by atoms with van der Waals surface area (Å²) in [5.41, 5.74) is 1.07. The highest BCUT2D eigenvalue weighted by Gasteiger charge is 2.26. The summed E-state index contributed by atoms with van der Waals surface area (Å²) in [6.07, 6.45) is 4.00. The van der Waals surface area contributed by atoms with Crippen molar-refractivity contribution in [1.29, 1.82) is 0 Å². The third kappa shape index (κ3) is 2.79. The largest absolute Gasteiger partial charge is 0.462 e. The van der Waals surface area contributed by atoms with E-state index in [9.17, 15) is 9.18 Å². The molecule has 2 aromatic heterocycles. The van der Waals surface area contributed by atoms with Crippen LogP contribution in [0, 0.1) is 5.82 Å². The second-order valence-corrected chi connectivity index (χ2v) is 6.17. The van der Waals surface area contributed by atoms with Crippen molar-refractivity contribution in [3.8, 4) is 11.3 Å². The van der Waals surface area contributed by atoms with Gasteiger partial charge in [-0.25, -0.2) is 18.7 Å². The number of carbonyl (C=O) groups excluding carboxylic acids is 1. The van der Waals surface area contributed by atoms with Crippen LogP contribution in [0.4, 0.5) is 10.2 Å². The van der Waals surface area contributed by atoms with Gasteiger partial charge in [0, 0.05) is 24.8 Å². The number of aromatic nitrogens is 3. The lowest BCUT2D eigenvalue weighted by Gasteiger charge is -2.16. The molecule has 26 heavy (non-hydrogen) atoms. The molecule has 0 saturated carbocycles. The van der Waals surface area contributed by atoms with Crippen LogP contribution in [0.1, 0.15) is 30.1 Å². The van der Waals surface area contributed by atoms with Gasteiger partial charge in [-0.2, -0.15) is 5.10 Å². The third-order valence-electron chi connectivity index (χ3n) is 4.51. The maximum atomic E-state index is 14.3. The number of anilines is 1. The number of ether oxygens (including phenoxy) is 1. The van der Waals surface area contributed by atoms with E-state index >= 15 is 0 Å². The van der Waals surface area contributed by atoms with Gasteiger partial charge in [0.05, 0.1) is 6.61 Å². The van der Waals surface area contributed by atoms with Gasteiger partial charge in [0.2, 0.25) is 0 Å². The van der Waals surface area contributed by atoms with Gasteiger partial charge in [0.25, 0.3) is 0 Å². The van der Waals surface area contributed by atoms with Crippen molar-refractivity contribution < 1.29 is 13.9 Å². The minimum absolute atomic E-state index is 0.193. The Labute approximate surface area is 150 Å². The lowest BCUT2D eigenvalue weighted by atomic mass is 10.1. The molecule has 1 aliphatic rings. The minimum atomic E-state index is -0.549. The van der Waals surface area contributed by atoms with Gasteiger partial charge in [0.1, 0.15) is 22.9 Å². The average molecular weight is 354 g/mol. The monoisotopic (exact) mass is 354 g/mol. The van der Waals surface area contributed by atoms with Crippen LogP contribution in [0.2, 0.25) is 0 Å². The smallest absolute Gasteiger partial charge is 0.344 e. The van der Waals surface area contributed by atoms with Gasteiger partial charge in [-0.05, 0) is 38.0 Å². The number of halogens is 1. The van der Waals surface area contributed by atoms with E-state index in [4.69, 9.17) is 4.74 Å². The van der Waals surface area contributed by atoms with Crippen LogP contribution in [-0.2, 0) is 4.74 Å². The van der Waals surface area contributed by atoms with Gasteiger partial charge in [0.15, 0.2) is 5.65 Å². The zero-order valence-corrected chi connectivity index (χ0v) is 14.5. The predicted octanol–water partition coefficient (Wildman–Crippen LogP) is 3.31. The van der Waals surface area contributed by atoms with E-state index in [2.05, 4.69) is 15.0 Å². The molecule has 0 radical (unpaired) electrons. The van der Waals surface area contributed by atoms with Crippen LogP contribution in [0.3, 0.4) is 0 Å². The first-order chi connectivity index (χ1) is 12.7. The summed E-state index contributed by atoms with van der Waals surface area (Å²) in [6, 6.07) is 8.12. The van der Waals surface area contributed by atoms with Crippen molar-refractivity contribution >= 4 is 17.4 Å². The summed E-state index contributed by atoms with van der Waals surface area (Å²) in [6.45, 7) is 3.83. The topological polar surface area (TPSA) is 59.7 Å². The summed E-state index contributed by atoms with van der Waals surface area (Å²) in [5, 5.41) is 4.41. The number of hydrogen-bond donors (Lipinski definition) is 0. The SMILES string of the molecule is CCOC(=O)c1c(-c2ccccc2F)nn2ccc(N3CCCC3)nc12. The summed E-state index contributed by atoms with van der Waals surface area (Å²) in [4.78, 5) is 19.4. The lowest BCUT2D eigenvalue weighted by Crippen LogP contribution is -2.19. The summed E-state index contributed by atoms with van der Waals surface area (Å²) >= 11 is 0. The molecule has 0 unspecified atom stereocenters. The Morgan fingerprint density at radius 2 is 2.00 bits per heavy atom. The van der Waals surface area contributed by atoms with E-state index in [1.165, 1.54) is 10.6 Å². The highest BCUT2D eigenvalue weighted by Crippen LogP contribution is 2.29. The zero-order chi connectivity index (χ0) is 18.1. The molecule has 134 valence electrons. The van der Waals surface area contributed by atoms with Crippen LogP contribution >= 0.6 is 0 Å². The van der Waals surface area contributed by atoms with E-state index in [1.54, 1.807) is 31.3 Å². The Kier molecular flexibility index (Phi) is 4.28. The molecule has 3 aromatic rings. The maximum absolute atomic E-state index is 14.3.